The van der Waals surface area contributed by atoms with Gasteiger partial charge in [0, 0.05) is 12.6 Å². The molecule has 19 heavy (non-hydrogen) atoms. The van der Waals surface area contributed by atoms with Gasteiger partial charge >= 0.3 is 0 Å². The first-order valence-corrected chi connectivity index (χ1v) is 8.47. The molecule has 3 aliphatic rings. The highest BCUT2D eigenvalue weighted by molar-refractivity contribution is 4.95. The zero-order valence-electron chi connectivity index (χ0n) is 12.8. The fourth-order valence-electron chi connectivity index (χ4n) is 4.15. The molecule has 1 aliphatic heterocycles. The fourth-order valence-corrected chi connectivity index (χ4v) is 4.15. The van der Waals surface area contributed by atoms with Crippen LogP contribution in [0.4, 0.5) is 0 Å². The molecule has 3 rings (SSSR count). The number of hydrogen-bond acceptors (Lipinski definition) is 2. The third-order valence-corrected chi connectivity index (χ3v) is 5.89. The van der Waals surface area contributed by atoms with Crippen molar-refractivity contribution < 1.29 is 4.74 Å². The molecule has 1 unspecified atom stereocenters. The fraction of sp³-hybridized carbons (Fsp3) is 1.00. The highest BCUT2D eigenvalue weighted by Crippen LogP contribution is 2.48. The Bertz CT molecular complexity index is 302. The molecule has 0 radical (unpaired) electrons. The molecule has 0 aromatic rings. The van der Waals surface area contributed by atoms with Crippen LogP contribution in [0.2, 0.25) is 0 Å². The Labute approximate surface area is 118 Å². The summed E-state index contributed by atoms with van der Waals surface area (Å²) in [4.78, 5) is 0. The maximum absolute atomic E-state index is 6.19. The summed E-state index contributed by atoms with van der Waals surface area (Å²) in [5.41, 5.74) is 0.755. The molecule has 1 saturated heterocycles. The van der Waals surface area contributed by atoms with Gasteiger partial charge in [0.2, 0.25) is 0 Å². The van der Waals surface area contributed by atoms with E-state index in [0.717, 1.165) is 18.6 Å². The van der Waals surface area contributed by atoms with E-state index in [0.29, 0.717) is 5.41 Å². The van der Waals surface area contributed by atoms with Crippen molar-refractivity contribution in [2.45, 2.75) is 83.3 Å². The minimum Gasteiger partial charge on any atom is -0.375 e. The molecule has 2 saturated carbocycles. The molecule has 3 fully saturated rings. The molecule has 0 amide bonds. The summed E-state index contributed by atoms with van der Waals surface area (Å²) in [6, 6.07) is 0.853. The highest BCUT2D eigenvalue weighted by Gasteiger charge is 2.44. The largest absolute Gasteiger partial charge is 0.375 e. The lowest BCUT2D eigenvalue weighted by Gasteiger charge is -2.45. The van der Waals surface area contributed by atoms with Crippen LogP contribution in [-0.4, -0.2) is 24.8 Å². The molecule has 0 aromatic heterocycles. The van der Waals surface area contributed by atoms with Gasteiger partial charge in [-0.1, -0.05) is 26.7 Å². The summed E-state index contributed by atoms with van der Waals surface area (Å²) in [6.45, 7) is 7.19. The zero-order valence-corrected chi connectivity index (χ0v) is 12.8. The van der Waals surface area contributed by atoms with Crippen LogP contribution in [0.5, 0.6) is 0 Å². The lowest BCUT2D eigenvalue weighted by Crippen LogP contribution is -2.42. The van der Waals surface area contributed by atoms with E-state index in [4.69, 9.17) is 4.74 Å². The second-order valence-corrected chi connectivity index (χ2v) is 7.90. The third kappa shape index (κ3) is 3.33. The van der Waals surface area contributed by atoms with Gasteiger partial charge in [0.15, 0.2) is 0 Å². The molecular weight excluding hydrogens is 234 g/mol. The smallest absolute Gasteiger partial charge is 0.0685 e. The number of ether oxygens (including phenoxy) is 1. The maximum atomic E-state index is 6.19. The summed E-state index contributed by atoms with van der Waals surface area (Å²) in [7, 11) is 0. The van der Waals surface area contributed by atoms with Crippen LogP contribution in [0.15, 0.2) is 0 Å². The third-order valence-electron chi connectivity index (χ3n) is 5.89. The summed E-state index contributed by atoms with van der Waals surface area (Å²) in [5, 5.41) is 3.68. The van der Waals surface area contributed by atoms with E-state index < -0.39 is 0 Å². The highest BCUT2D eigenvalue weighted by atomic mass is 16.5. The van der Waals surface area contributed by atoms with Crippen molar-refractivity contribution in [3.8, 4) is 0 Å². The minimum absolute atomic E-state index is 0.282. The quantitative estimate of drug-likeness (QED) is 0.814. The topological polar surface area (TPSA) is 21.3 Å². The summed E-state index contributed by atoms with van der Waals surface area (Å²) in [5.74, 6) is 0.861. The van der Waals surface area contributed by atoms with Crippen molar-refractivity contribution >= 4 is 0 Å². The van der Waals surface area contributed by atoms with Gasteiger partial charge < -0.3 is 10.1 Å². The van der Waals surface area contributed by atoms with Gasteiger partial charge in [-0.25, -0.2) is 0 Å². The van der Waals surface area contributed by atoms with Crippen LogP contribution < -0.4 is 5.32 Å². The summed E-state index contributed by atoms with van der Waals surface area (Å²) < 4.78 is 6.19. The molecule has 1 spiro atoms. The van der Waals surface area contributed by atoms with Crippen LogP contribution in [0.1, 0.15) is 71.6 Å². The molecule has 0 bridgehead atoms. The van der Waals surface area contributed by atoms with Crippen LogP contribution in [0, 0.1) is 11.3 Å². The predicted octanol–water partition coefficient (Wildman–Crippen LogP) is 3.89. The first kappa shape index (κ1) is 13.9. The van der Waals surface area contributed by atoms with Crippen LogP contribution in [-0.2, 0) is 4.74 Å². The van der Waals surface area contributed by atoms with Crippen molar-refractivity contribution in [2.24, 2.45) is 11.3 Å². The van der Waals surface area contributed by atoms with Gasteiger partial charge in [-0.15, -0.1) is 0 Å². The van der Waals surface area contributed by atoms with E-state index in [9.17, 15) is 0 Å². The second-order valence-electron chi connectivity index (χ2n) is 7.90. The van der Waals surface area contributed by atoms with E-state index in [1.807, 2.05) is 0 Å². The summed E-state index contributed by atoms with van der Waals surface area (Å²) in [6.07, 6.45) is 12.1. The molecular formula is C17H31NO. The van der Waals surface area contributed by atoms with Gasteiger partial charge in [0.1, 0.15) is 0 Å². The number of nitrogens with one attached hydrogen (secondary N) is 1. The number of hydrogen-bond donors (Lipinski definition) is 1. The van der Waals surface area contributed by atoms with Crippen LogP contribution in [0.25, 0.3) is 0 Å². The zero-order chi connectivity index (χ0) is 13.3. The first-order valence-electron chi connectivity index (χ1n) is 8.47. The van der Waals surface area contributed by atoms with Gasteiger partial charge in [-0.2, -0.15) is 0 Å². The van der Waals surface area contributed by atoms with Gasteiger partial charge in [0.05, 0.1) is 5.60 Å². The normalized spacial score (nSPS) is 30.9. The van der Waals surface area contributed by atoms with Gasteiger partial charge in [0.25, 0.3) is 0 Å². The molecule has 1 atom stereocenters. The second kappa shape index (κ2) is 5.37. The average molecular weight is 265 g/mol. The predicted molar refractivity (Wildman–Crippen MR) is 79.3 cm³/mol. The number of rotatable bonds is 5. The molecule has 2 aliphatic carbocycles. The maximum Gasteiger partial charge on any atom is 0.0685 e. The Kier molecular flexibility index (Phi) is 3.92. The molecule has 2 heteroatoms. The van der Waals surface area contributed by atoms with Gasteiger partial charge in [-0.05, 0) is 62.8 Å². The Balaban J connectivity index is 1.53. The van der Waals surface area contributed by atoms with E-state index in [1.54, 1.807) is 0 Å². The molecule has 110 valence electrons. The Morgan fingerprint density at radius 1 is 1.16 bits per heavy atom. The SMILES string of the molecule is CC(C)(CCNC1CC1)C1CCOC2(CCCC2)C1. The lowest BCUT2D eigenvalue weighted by atomic mass is 9.68. The molecule has 2 nitrogen and oxygen atoms in total. The molecule has 1 N–H and O–H groups in total. The molecule has 1 heterocycles. The van der Waals surface area contributed by atoms with E-state index in [-0.39, 0.29) is 5.60 Å². The Morgan fingerprint density at radius 2 is 1.89 bits per heavy atom. The van der Waals surface area contributed by atoms with E-state index >= 15 is 0 Å². The Morgan fingerprint density at radius 3 is 2.58 bits per heavy atom. The lowest BCUT2D eigenvalue weighted by molar-refractivity contribution is -0.113. The van der Waals surface area contributed by atoms with Crippen molar-refractivity contribution in [2.75, 3.05) is 13.2 Å². The first-order chi connectivity index (χ1) is 9.10. The van der Waals surface area contributed by atoms with Crippen molar-refractivity contribution in [3.05, 3.63) is 0 Å². The summed E-state index contributed by atoms with van der Waals surface area (Å²) >= 11 is 0. The van der Waals surface area contributed by atoms with E-state index in [1.165, 1.54) is 64.3 Å². The monoisotopic (exact) mass is 265 g/mol. The minimum atomic E-state index is 0.282. The van der Waals surface area contributed by atoms with E-state index in [2.05, 4.69) is 19.2 Å². The van der Waals surface area contributed by atoms with Crippen molar-refractivity contribution in [1.29, 1.82) is 0 Å². The Hall–Kier alpha value is -0.0800. The van der Waals surface area contributed by atoms with Crippen molar-refractivity contribution in [3.63, 3.8) is 0 Å². The average Bonchev–Trinajstić information content (AvgIpc) is 3.10. The van der Waals surface area contributed by atoms with Gasteiger partial charge in [-0.3, -0.25) is 0 Å². The van der Waals surface area contributed by atoms with Crippen LogP contribution >= 0.6 is 0 Å². The molecule has 0 aromatic carbocycles. The standard InChI is InChI=1S/C17H31NO/c1-16(2,10-11-18-15-5-6-15)14-7-12-19-17(13-14)8-3-4-9-17/h14-15,18H,3-13H2,1-2H3. The van der Waals surface area contributed by atoms with Crippen molar-refractivity contribution in [1.82, 2.24) is 5.32 Å². The van der Waals surface area contributed by atoms with Crippen LogP contribution in [0.3, 0.4) is 0 Å².